The average Bonchev–Trinajstić information content (AvgIpc) is 3.26. The maximum atomic E-state index is 13.5. The maximum absolute atomic E-state index is 13.5. The van der Waals surface area contributed by atoms with Gasteiger partial charge >= 0.3 is 0 Å². The highest BCUT2D eigenvalue weighted by Crippen LogP contribution is 2.30. The van der Waals surface area contributed by atoms with E-state index in [4.69, 9.17) is 14.5 Å². The Hall–Kier alpha value is -4.24. The zero-order valence-corrected chi connectivity index (χ0v) is 19.9. The van der Waals surface area contributed by atoms with E-state index in [2.05, 4.69) is 15.6 Å². The van der Waals surface area contributed by atoms with Crippen LogP contribution >= 0.6 is 0 Å². The number of imidazole rings is 1. The molecule has 0 unspecified atom stereocenters. The first kappa shape index (κ1) is 23.9. The van der Waals surface area contributed by atoms with Crippen molar-refractivity contribution >= 4 is 28.5 Å². The Bertz CT molecular complexity index is 1350. The molecule has 2 amide bonds. The maximum Gasteiger partial charge on any atom is 0.253 e. The summed E-state index contributed by atoms with van der Waals surface area (Å²) in [4.78, 5) is 34.6. The summed E-state index contributed by atoms with van der Waals surface area (Å²) in [7, 11) is 3.04. The van der Waals surface area contributed by atoms with Gasteiger partial charge in [-0.05, 0) is 37.3 Å². The van der Waals surface area contributed by atoms with Crippen LogP contribution in [-0.2, 0) is 22.6 Å². The standard InChI is InChI=1S/C26H27N5O4/c1-4-31-24-20(26(33)28-15-17-8-5-6-10-22(17)35-3)12-19(29-23(32)16-34-2)13-21(24)30-25(31)18-9-7-11-27-14-18/h5-14H,4,15-16H2,1-3H3,(H,28,33)(H,29,32). The molecule has 0 aliphatic heterocycles. The summed E-state index contributed by atoms with van der Waals surface area (Å²) in [6.45, 7) is 2.76. The van der Waals surface area contributed by atoms with E-state index in [-0.39, 0.29) is 25.0 Å². The average molecular weight is 474 g/mol. The van der Waals surface area contributed by atoms with Gasteiger partial charge in [-0.25, -0.2) is 4.98 Å². The van der Waals surface area contributed by atoms with Crippen LogP contribution in [0.15, 0.2) is 60.9 Å². The van der Waals surface area contributed by atoms with Gasteiger partial charge in [0, 0.05) is 49.4 Å². The molecule has 0 bridgehead atoms. The Kier molecular flexibility index (Phi) is 7.37. The highest BCUT2D eigenvalue weighted by atomic mass is 16.5. The van der Waals surface area contributed by atoms with E-state index in [9.17, 15) is 9.59 Å². The fourth-order valence-corrected chi connectivity index (χ4v) is 3.98. The second-order valence-corrected chi connectivity index (χ2v) is 7.79. The first-order chi connectivity index (χ1) is 17.0. The lowest BCUT2D eigenvalue weighted by atomic mass is 10.1. The molecule has 0 atom stereocenters. The fraction of sp³-hybridized carbons (Fsp3) is 0.231. The number of anilines is 1. The Labute approximate surface area is 203 Å². The molecular weight excluding hydrogens is 446 g/mol. The van der Waals surface area contributed by atoms with Gasteiger partial charge in [-0.15, -0.1) is 0 Å². The third-order valence-electron chi connectivity index (χ3n) is 5.51. The number of carbonyl (C=O) groups is 2. The first-order valence-corrected chi connectivity index (χ1v) is 11.2. The molecule has 0 aliphatic rings. The predicted molar refractivity (Wildman–Crippen MR) is 133 cm³/mol. The number of hydrogen-bond acceptors (Lipinski definition) is 6. The molecule has 0 radical (unpaired) electrons. The van der Waals surface area contributed by atoms with Crippen LogP contribution in [0, 0.1) is 0 Å². The Morgan fingerprint density at radius 3 is 2.63 bits per heavy atom. The number of methoxy groups -OCH3 is 2. The molecule has 2 aromatic heterocycles. The van der Waals surface area contributed by atoms with Crippen LogP contribution in [0.4, 0.5) is 5.69 Å². The van der Waals surface area contributed by atoms with Crippen molar-refractivity contribution in [1.29, 1.82) is 0 Å². The van der Waals surface area contributed by atoms with Gasteiger partial charge in [0.05, 0.1) is 23.7 Å². The summed E-state index contributed by atoms with van der Waals surface area (Å²) in [6, 6.07) is 14.7. The molecule has 2 N–H and O–H groups in total. The number of benzene rings is 2. The van der Waals surface area contributed by atoms with Crippen molar-refractivity contribution in [2.75, 3.05) is 26.1 Å². The lowest BCUT2D eigenvalue weighted by Crippen LogP contribution is -2.24. The Morgan fingerprint density at radius 2 is 1.91 bits per heavy atom. The molecule has 0 saturated carbocycles. The SMILES string of the molecule is CCn1c(-c2cccnc2)nc2cc(NC(=O)COC)cc(C(=O)NCc3ccccc3OC)c21. The van der Waals surface area contributed by atoms with Gasteiger partial charge in [-0.1, -0.05) is 18.2 Å². The van der Waals surface area contributed by atoms with Gasteiger partial charge in [-0.3, -0.25) is 14.6 Å². The summed E-state index contributed by atoms with van der Waals surface area (Å²) in [5, 5.41) is 5.76. The monoisotopic (exact) mass is 473 g/mol. The van der Waals surface area contributed by atoms with E-state index < -0.39 is 0 Å². The van der Waals surface area contributed by atoms with Crippen molar-refractivity contribution in [2.24, 2.45) is 0 Å². The number of nitrogens with one attached hydrogen (secondary N) is 2. The Morgan fingerprint density at radius 1 is 1.09 bits per heavy atom. The third kappa shape index (κ3) is 5.15. The van der Waals surface area contributed by atoms with Crippen LogP contribution in [0.1, 0.15) is 22.8 Å². The molecule has 9 nitrogen and oxygen atoms in total. The molecule has 9 heteroatoms. The van der Waals surface area contributed by atoms with Crippen LogP contribution in [0.3, 0.4) is 0 Å². The van der Waals surface area contributed by atoms with Crippen LogP contribution in [0.5, 0.6) is 5.75 Å². The molecule has 35 heavy (non-hydrogen) atoms. The molecular formula is C26H27N5O4. The third-order valence-corrected chi connectivity index (χ3v) is 5.51. The summed E-state index contributed by atoms with van der Waals surface area (Å²) in [5.74, 6) is 0.761. The highest BCUT2D eigenvalue weighted by Gasteiger charge is 2.21. The lowest BCUT2D eigenvalue weighted by Gasteiger charge is -2.13. The number of nitrogens with zero attached hydrogens (tertiary/aromatic N) is 3. The van der Waals surface area contributed by atoms with Crippen LogP contribution in [-0.4, -0.2) is 47.2 Å². The van der Waals surface area contributed by atoms with Gasteiger partial charge in [0.25, 0.3) is 5.91 Å². The van der Waals surface area contributed by atoms with Crippen molar-refractivity contribution < 1.29 is 19.1 Å². The largest absolute Gasteiger partial charge is 0.496 e. The Balaban J connectivity index is 1.78. The first-order valence-electron chi connectivity index (χ1n) is 11.2. The molecule has 0 saturated heterocycles. The minimum atomic E-state index is -0.324. The number of fused-ring (bicyclic) bond motifs is 1. The van der Waals surface area contributed by atoms with Crippen LogP contribution < -0.4 is 15.4 Å². The van der Waals surface area contributed by atoms with E-state index in [0.29, 0.717) is 40.4 Å². The van der Waals surface area contributed by atoms with Gasteiger partial charge < -0.3 is 24.7 Å². The van der Waals surface area contributed by atoms with E-state index in [1.165, 1.54) is 7.11 Å². The number of pyridine rings is 1. The minimum absolute atomic E-state index is 0.0995. The van der Waals surface area contributed by atoms with E-state index >= 15 is 0 Å². The highest BCUT2D eigenvalue weighted by molar-refractivity contribution is 6.08. The van der Waals surface area contributed by atoms with Crippen molar-refractivity contribution in [3.8, 4) is 17.1 Å². The van der Waals surface area contributed by atoms with Gasteiger partial charge in [0.2, 0.25) is 5.91 Å². The van der Waals surface area contributed by atoms with Crippen LogP contribution in [0.25, 0.3) is 22.4 Å². The normalized spacial score (nSPS) is 10.8. The zero-order valence-electron chi connectivity index (χ0n) is 19.9. The van der Waals surface area contributed by atoms with Gasteiger partial charge in [0.1, 0.15) is 18.2 Å². The molecule has 180 valence electrons. The number of ether oxygens (including phenoxy) is 2. The number of hydrogen-bond donors (Lipinski definition) is 2. The second-order valence-electron chi connectivity index (χ2n) is 7.79. The number of amides is 2. The topological polar surface area (TPSA) is 107 Å². The van der Waals surface area contributed by atoms with Gasteiger partial charge in [-0.2, -0.15) is 0 Å². The van der Waals surface area contributed by atoms with Crippen molar-refractivity contribution in [3.05, 3.63) is 72.1 Å². The van der Waals surface area contributed by atoms with Crippen molar-refractivity contribution in [1.82, 2.24) is 19.9 Å². The minimum Gasteiger partial charge on any atom is -0.496 e. The number of carbonyl (C=O) groups excluding carboxylic acids is 2. The molecule has 2 aromatic carbocycles. The number of aryl methyl sites for hydroxylation is 1. The van der Waals surface area contributed by atoms with E-state index in [1.807, 2.05) is 47.9 Å². The predicted octanol–water partition coefficient (Wildman–Crippen LogP) is 3.64. The summed E-state index contributed by atoms with van der Waals surface area (Å²) >= 11 is 0. The molecule has 0 fully saturated rings. The summed E-state index contributed by atoms with van der Waals surface area (Å²) < 4.78 is 12.3. The molecule has 4 rings (SSSR count). The molecule has 0 aliphatic carbocycles. The van der Waals surface area contributed by atoms with E-state index in [1.54, 1.807) is 31.6 Å². The second kappa shape index (κ2) is 10.8. The molecule has 0 spiro atoms. The fourth-order valence-electron chi connectivity index (χ4n) is 3.98. The van der Waals surface area contributed by atoms with Crippen molar-refractivity contribution in [3.63, 3.8) is 0 Å². The molecule has 4 aromatic rings. The zero-order chi connectivity index (χ0) is 24.8. The quantitative estimate of drug-likeness (QED) is 0.384. The smallest absolute Gasteiger partial charge is 0.253 e. The summed E-state index contributed by atoms with van der Waals surface area (Å²) in [5.41, 5.74) is 3.80. The van der Waals surface area contributed by atoms with Gasteiger partial charge in [0.15, 0.2) is 0 Å². The van der Waals surface area contributed by atoms with E-state index in [0.717, 1.165) is 11.1 Å². The van der Waals surface area contributed by atoms with Crippen molar-refractivity contribution in [2.45, 2.75) is 20.0 Å². The number of rotatable bonds is 9. The number of aromatic nitrogens is 3. The molecule has 2 heterocycles. The van der Waals surface area contributed by atoms with Crippen LogP contribution in [0.2, 0.25) is 0 Å². The lowest BCUT2D eigenvalue weighted by molar-refractivity contribution is -0.119. The summed E-state index contributed by atoms with van der Waals surface area (Å²) in [6.07, 6.45) is 3.43. The number of para-hydroxylation sites is 1.